The molecule has 108 valence electrons. The molecule has 1 unspecified atom stereocenters. The number of carbonyl (C=O) groups excluding carboxylic acids is 1. The number of nitrogens with one attached hydrogen (secondary N) is 1. The predicted octanol–water partition coefficient (Wildman–Crippen LogP) is 1.14. The van der Waals surface area contributed by atoms with E-state index in [9.17, 15) is 9.59 Å². The smallest absolute Gasteiger partial charge is 0.335 e. The van der Waals surface area contributed by atoms with Crippen molar-refractivity contribution in [3.63, 3.8) is 0 Å². The quantitative estimate of drug-likeness (QED) is 0.846. The first-order chi connectivity index (χ1) is 9.59. The van der Waals surface area contributed by atoms with E-state index in [1.54, 1.807) is 30.1 Å². The first kappa shape index (κ1) is 14.5. The highest BCUT2D eigenvalue weighted by Gasteiger charge is 2.24. The third-order valence-corrected chi connectivity index (χ3v) is 3.70. The summed E-state index contributed by atoms with van der Waals surface area (Å²) < 4.78 is 0. The van der Waals surface area contributed by atoms with Crippen LogP contribution >= 0.6 is 0 Å². The number of amides is 1. The van der Waals surface area contributed by atoms with Gasteiger partial charge in [-0.25, -0.2) is 4.79 Å². The lowest BCUT2D eigenvalue weighted by atomic mass is 10.0. The minimum absolute atomic E-state index is 0.0743. The number of nitrogens with zero attached hydrogens (tertiary/aromatic N) is 1. The number of carboxylic acid groups (broad SMARTS) is 1. The van der Waals surface area contributed by atoms with Crippen molar-refractivity contribution in [2.45, 2.75) is 25.3 Å². The molecule has 0 bridgehead atoms. The highest BCUT2D eigenvalue weighted by Crippen LogP contribution is 2.12. The van der Waals surface area contributed by atoms with Crippen molar-refractivity contribution >= 4 is 11.9 Å². The lowest BCUT2D eigenvalue weighted by Gasteiger charge is -2.21. The standard InChI is InChI=1S/C15H20N2O3/c1-17(14(18)13-7-4-9-16-13)10-8-11-5-2-3-6-12(11)15(19)20/h2-3,5-6,13,16H,4,7-10H2,1H3,(H,19,20). The summed E-state index contributed by atoms with van der Waals surface area (Å²) in [6.07, 6.45) is 2.47. The minimum Gasteiger partial charge on any atom is -0.478 e. The molecule has 1 heterocycles. The summed E-state index contributed by atoms with van der Waals surface area (Å²) in [7, 11) is 1.77. The van der Waals surface area contributed by atoms with Gasteiger partial charge in [0.1, 0.15) is 0 Å². The van der Waals surface area contributed by atoms with Gasteiger partial charge in [-0.05, 0) is 37.4 Å². The van der Waals surface area contributed by atoms with E-state index in [4.69, 9.17) is 5.11 Å². The average molecular weight is 276 g/mol. The molecule has 1 aliphatic rings. The Morgan fingerprint density at radius 3 is 2.80 bits per heavy atom. The number of benzene rings is 1. The highest BCUT2D eigenvalue weighted by molar-refractivity contribution is 5.89. The Bertz CT molecular complexity index is 496. The molecule has 1 saturated heterocycles. The molecule has 0 radical (unpaired) electrons. The van der Waals surface area contributed by atoms with E-state index in [0.717, 1.165) is 24.9 Å². The Balaban J connectivity index is 1.94. The van der Waals surface area contributed by atoms with Gasteiger partial charge in [0.05, 0.1) is 11.6 Å². The summed E-state index contributed by atoms with van der Waals surface area (Å²) >= 11 is 0. The minimum atomic E-state index is -0.924. The van der Waals surface area contributed by atoms with Gasteiger partial charge in [0.2, 0.25) is 5.91 Å². The van der Waals surface area contributed by atoms with Gasteiger partial charge in [0.25, 0.3) is 0 Å². The van der Waals surface area contributed by atoms with E-state index >= 15 is 0 Å². The molecule has 1 amide bonds. The van der Waals surface area contributed by atoms with Crippen molar-refractivity contribution in [2.24, 2.45) is 0 Å². The summed E-state index contributed by atoms with van der Waals surface area (Å²) in [4.78, 5) is 24.9. The van der Waals surface area contributed by atoms with Gasteiger partial charge in [-0.1, -0.05) is 18.2 Å². The van der Waals surface area contributed by atoms with Gasteiger partial charge in [-0.3, -0.25) is 4.79 Å². The molecule has 0 spiro atoms. The normalized spacial score (nSPS) is 17.9. The highest BCUT2D eigenvalue weighted by atomic mass is 16.4. The molecule has 1 atom stereocenters. The van der Waals surface area contributed by atoms with Crippen molar-refractivity contribution in [2.75, 3.05) is 20.1 Å². The molecule has 2 rings (SSSR count). The van der Waals surface area contributed by atoms with Crippen LogP contribution in [0.2, 0.25) is 0 Å². The van der Waals surface area contributed by atoms with Gasteiger partial charge in [0.15, 0.2) is 0 Å². The maximum atomic E-state index is 12.1. The molecule has 1 aromatic carbocycles. The van der Waals surface area contributed by atoms with Gasteiger partial charge >= 0.3 is 5.97 Å². The molecule has 0 aliphatic carbocycles. The molecular weight excluding hydrogens is 256 g/mol. The van der Waals surface area contributed by atoms with Crippen molar-refractivity contribution in [3.8, 4) is 0 Å². The Hall–Kier alpha value is -1.88. The van der Waals surface area contributed by atoms with Crippen molar-refractivity contribution < 1.29 is 14.7 Å². The Morgan fingerprint density at radius 2 is 2.15 bits per heavy atom. The number of likely N-dealkylation sites (N-methyl/N-ethyl adjacent to an activating group) is 1. The third kappa shape index (κ3) is 3.36. The van der Waals surface area contributed by atoms with Crippen LogP contribution in [0.3, 0.4) is 0 Å². The largest absolute Gasteiger partial charge is 0.478 e. The fourth-order valence-electron chi connectivity index (χ4n) is 2.51. The Labute approximate surface area is 118 Å². The van der Waals surface area contributed by atoms with Crippen LogP contribution in [-0.4, -0.2) is 48.1 Å². The molecule has 2 N–H and O–H groups in total. The number of carbonyl (C=O) groups is 2. The zero-order chi connectivity index (χ0) is 14.5. The predicted molar refractivity (Wildman–Crippen MR) is 75.8 cm³/mol. The summed E-state index contributed by atoms with van der Waals surface area (Å²) in [5.41, 5.74) is 1.08. The zero-order valence-electron chi connectivity index (χ0n) is 11.6. The van der Waals surface area contributed by atoms with Crippen molar-refractivity contribution in [3.05, 3.63) is 35.4 Å². The van der Waals surface area contributed by atoms with Gasteiger partial charge in [-0.2, -0.15) is 0 Å². The summed E-state index contributed by atoms with van der Waals surface area (Å²) in [6, 6.07) is 6.86. The van der Waals surface area contributed by atoms with Crippen LogP contribution in [0.4, 0.5) is 0 Å². The van der Waals surface area contributed by atoms with Crippen LogP contribution in [0, 0.1) is 0 Å². The second kappa shape index (κ2) is 6.52. The first-order valence-corrected chi connectivity index (χ1v) is 6.89. The molecule has 1 aliphatic heterocycles. The molecule has 1 fully saturated rings. The maximum Gasteiger partial charge on any atom is 0.335 e. The van der Waals surface area contributed by atoms with E-state index in [1.807, 2.05) is 6.07 Å². The topological polar surface area (TPSA) is 69.6 Å². The number of carboxylic acids is 1. The van der Waals surface area contributed by atoms with E-state index in [0.29, 0.717) is 18.5 Å². The third-order valence-electron chi connectivity index (χ3n) is 3.70. The van der Waals surface area contributed by atoms with Crippen LogP contribution in [0.5, 0.6) is 0 Å². The first-order valence-electron chi connectivity index (χ1n) is 6.89. The summed E-state index contributed by atoms with van der Waals surface area (Å²) in [5, 5.41) is 12.3. The molecule has 0 saturated carbocycles. The fourth-order valence-corrected chi connectivity index (χ4v) is 2.51. The SMILES string of the molecule is CN(CCc1ccccc1C(=O)O)C(=O)C1CCCN1. The molecular formula is C15H20N2O3. The summed E-state index contributed by atoms with van der Waals surface area (Å²) in [6.45, 7) is 1.42. The van der Waals surface area contributed by atoms with Crippen molar-refractivity contribution in [1.29, 1.82) is 0 Å². The Morgan fingerprint density at radius 1 is 1.40 bits per heavy atom. The number of hydrogen-bond donors (Lipinski definition) is 2. The molecule has 1 aromatic rings. The van der Waals surface area contributed by atoms with Gasteiger partial charge in [-0.15, -0.1) is 0 Å². The van der Waals surface area contributed by atoms with E-state index in [-0.39, 0.29) is 11.9 Å². The lowest BCUT2D eigenvalue weighted by Crippen LogP contribution is -2.42. The average Bonchev–Trinajstić information content (AvgIpc) is 2.98. The van der Waals surface area contributed by atoms with Gasteiger partial charge < -0.3 is 15.3 Å². The number of rotatable bonds is 5. The van der Waals surface area contributed by atoms with Gasteiger partial charge in [0, 0.05) is 13.6 Å². The second-order valence-electron chi connectivity index (χ2n) is 5.12. The molecule has 5 heteroatoms. The van der Waals surface area contributed by atoms with E-state index in [2.05, 4.69) is 5.32 Å². The van der Waals surface area contributed by atoms with E-state index < -0.39 is 5.97 Å². The van der Waals surface area contributed by atoms with Crippen molar-refractivity contribution in [1.82, 2.24) is 10.2 Å². The lowest BCUT2D eigenvalue weighted by molar-refractivity contribution is -0.131. The second-order valence-corrected chi connectivity index (χ2v) is 5.12. The zero-order valence-corrected chi connectivity index (χ0v) is 11.6. The van der Waals surface area contributed by atoms with Crippen LogP contribution in [0.15, 0.2) is 24.3 Å². The van der Waals surface area contributed by atoms with Crippen LogP contribution in [0.25, 0.3) is 0 Å². The van der Waals surface area contributed by atoms with Crippen LogP contribution < -0.4 is 5.32 Å². The fraction of sp³-hybridized carbons (Fsp3) is 0.467. The number of aromatic carboxylic acids is 1. The summed E-state index contributed by atoms with van der Waals surface area (Å²) in [5.74, 6) is -0.831. The monoisotopic (exact) mass is 276 g/mol. The molecule has 0 aromatic heterocycles. The Kier molecular flexibility index (Phi) is 4.74. The number of hydrogen-bond acceptors (Lipinski definition) is 3. The van der Waals surface area contributed by atoms with Crippen LogP contribution in [0.1, 0.15) is 28.8 Å². The maximum absolute atomic E-state index is 12.1. The molecule has 20 heavy (non-hydrogen) atoms. The molecule has 5 nitrogen and oxygen atoms in total. The van der Waals surface area contributed by atoms with E-state index in [1.165, 1.54) is 0 Å². The van der Waals surface area contributed by atoms with Crippen LogP contribution in [-0.2, 0) is 11.2 Å².